The Morgan fingerprint density at radius 3 is 2.25 bits per heavy atom. The van der Waals surface area contributed by atoms with Crippen molar-refractivity contribution in [2.24, 2.45) is 0 Å². The predicted octanol–water partition coefficient (Wildman–Crippen LogP) is 4.56. The first kappa shape index (κ1) is 17.6. The number of para-hydroxylation sites is 1. The summed E-state index contributed by atoms with van der Waals surface area (Å²) in [5, 5.41) is 0. The fraction of sp³-hybridized carbons (Fsp3) is 0.250. The summed E-state index contributed by atoms with van der Waals surface area (Å²) in [6.45, 7) is 4.22. The molecule has 0 aliphatic heterocycles. The van der Waals surface area contributed by atoms with E-state index in [-0.39, 0.29) is 5.76 Å². The molecule has 0 spiro atoms. The molecule has 2 aromatic rings. The van der Waals surface area contributed by atoms with Crippen molar-refractivity contribution in [2.45, 2.75) is 20.3 Å². The lowest BCUT2D eigenvalue weighted by atomic mass is 10.0. The fourth-order valence-corrected chi connectivity index (χ4v) is 2.33. The fourth-order valence-electron chi connectivity index (χ4n) is 2.33. The summed E-state index contributed by atoms with van der Waals surface area (Å²) in [6.07, 6.45) is 0.534. The molecule has 0 heterocycles. The molecule has 0 saturated carbocycles. The van der Waals surface area contributed by atoms with E-state index in [9.17, 15) is 4.79 Å². The molecule has 0 amide bonds. The lowest BCUT2D eigenvalue weighted by Gasteiger charge is -2.16. The molecule has 0 bridgehead atoms. The number of methoxy groups -OCH3 is 1. The van der Waals surface area contributed by atoms with Gasteiger partial charge in [0.05, 0.1) is 13.7 Å². The second-order valence-electron chi connectivity index (χ2n) is 4.99. The van der Waals surface area contributed by atoms with Gasteiger partial charge in [-0.3, -0.25) is 0 Å². The summed E-state index contributed by atoms with van der Waals surface area (Å²) in [5.74, 6) is 0.593. The summed E-state index contributed by atoms with van der Waals surface area (Å²) < 4.78 is 16.3. The second-order valence-corrected chi connectivity index (χ2v) is 4.99. The molecule has 0 aliphatic rings. The first-order chi connectivity index (χ1) is 11.7. The Bertz CT molecular complexity index is 705. The third-order valence-corrected chi connectivity index (χ3v) is 3.45. The number of rotatable bonds is 7. The number of carbonyl (C=O) groups excluding carboxylic acids is 1. The van der Waals surface area contributed by atoms with Gasteiger partial charge < -0.3 is 14.2 Å². The third kappa shape index (κ3) is 4.16. The van der Waals surface area contributed by atoms with Crippen LogP contribution in [0.1, 0.15) is 20.3 Å². The highest BCUT2D eigenvalue weighted by molar-refractivity contribution is 5.87. The van der Waals surface area contributed by atoms with E-state index in [0.717, 1.165) is 11.1 Å². The van der Waals surface area contributed by atoms with Gasteiger partial charge in [0.1, 0.15) is 11.5 Å². The van der Waals surface area contributed by atoms with E-state index in [1.54, 1.807) is 0 Å². The monoisotopic (exact) mass is 326 g/mol. The van der Waals surface area contributed by atoms with Gasteiger partial charge in [0.15, 0.2) is 0 Å². The molecule has 2 aromatic carbocycles. The molecule has 0 aromatic heterocycles. The average molecular weight is 326 g/mol. The Balaban J connectivity index is 2.46. The summed E-state index contributed by atoms with van der Waals surface area (Å²) in [4.78, 5) is 12.2. The summed E-state index contributed by atoms with van der Waals surface area (Å²) in [5.41, 5.74) is 1.90. The zero-order valence-electron chi connectivity index (χ0n) is 14.2. The number of allylic oxidation sites excluding steroid dienone is 1. The van der Waals surface area contributed by atoms with E-state index in [0.29, 0.717) is 24.5 Å². The second kappa shape index (κ2) is 8.77. The van der Waals surface area contributed by atoms with Gasteiger partial charge in [0.2, 0.25) is 5.76 Å². The van der Waals surface area contributed by atoms with E-state index >= 15 is 0 Å². The summed E-state index contributed by atoms with van der Waals surface area (Å²) in [7, 11) is 1.33. The quantitative estimate of drug-likeness (QED) is 0.425. The van der Waals surface area contributed by atoms with E-state index in [1.807, 2.05) is 68.4 Å². The van der Waals surface area contributed by atoms with Crippen LogP contribution in [0.4, 0.5) is 0 Å². The maximum Gasteiger partial charge on any atom is 0.377 e. The van der Waals surface area contributed by atoms with Gasteiger partial charge in [0, 0.05) is 12.0 Å². The molecular formula is C20H22O4. The van der Waals surface area contributed by atoms with E-state index < -0.39 is 5.97 Å². The SMILES string of the molecule is CCOC(CC)=C(Oc1ccccc1-c1ccccc1)C(=O)OC. The van der Waals surface area contributed by atoms with Crippen LogP contribution < -0.4 is 4.74 Å². The minimum atomic E-state index is -0.553. The normalized spacial score (nSPS) is 11.5. The number of ether oxygens (including phenoxy) is 3. The Hall–Kier alpha value is -2.75. The largest absolute Gasteiger partial charge is 0.494 e. The van der Waals surface area contributed by atoms with Gasteiger partial charge in [-0.15, -0.1) is 0 Å². The van der Waals surface area contributed by atoms with Crippen LogP contribution >= 0.6 is 0 Å². The maximum absolute atomic E-state index is 12.2. The molecule has 0 atom stereocenters. The van der Waals surface area contributed by atoms with Gasteiger partial charge in [-0.05, 0) is 18.6 Å². The highest BCUT2D eigenvalue weighted by atomic mass is 16.6. The molecule has 0 N–H and O–H groups in total. The van der Waals surface area contributed by atoms with Crippen molar-refractivity contribution in [2.75, 3.05) is 13.7 Å². The number of hydrogen-bond acceptors (Lipinski definition) is 4. The van der Waals surface area contributed by atoms with E-state index in [4.69, 9.17) is 14.2 Å². The molecule has 126 valence electrons. The van der Waals surface area contributed by atoms with Gasteiger partial charge in [-0.25, -0.2) is 4.79 Å². The zero-order valence-corrected chi connectivity index (χ0v) is 14.2. The van der Waals surface area contributed by atoms with Gasteiger partial charge in [0.25, 0.3) is 0 Å². The number of esters is 1. The topological polar surface area (TPSA) is 44.8 Å². The highest BCUT2D eigenvalue weighted by Gasteiger charge is 2.21. The minimum Gasteiger partial charge on any atom is -0.494 e. The predicted molar refractivity (Wildman–Crippen MR) is 93.5 cm³/mol. The molecule has 0 saturated heterocycles. The molecular weight excluding hydrogens is 304 g/mol. The average Bonchev–Trinajstić information content (AvgIpc) is 2.65. The zero-order chi connectivity index (χ0) is 17.4. The molecule has 24 heavy (non-hydrogen) atoms. The lowest BCUT2D eigenvalue weighted by Crippen LogP contribution is -2.15. The summed E-state index contributed by atoms with van der Waals surface area (Å²) >= 11 is 0. The van der Waals surface area contributed by atoms with Gasteiger partial charge in [-0.2, -0.15) is 0 Å². The van der Waals surface area contributed by atoms with Crippen molar-refractivity contribution in [1.82, 2.24) is 0 Å². The first-order valence-corrected chi connectivity index (χ1v) is 7.97. The van der Waals surface area contributed by atoms with Crippen molar-refractivity contribution >= 4 is 5.97 Å². The standard InChI is InChI=1S/C20H22O4/c1-4-17(23-5-2)19(20(21)22-3)24-18-14-10-9-13-16(18)15-11-7-6-8-12-15/h6-14H,4-5H2,1-3H3. The van der Waals surface area contributed by atoms with Crippen molar-refractivity contribution in [3.8, 4) is 16.9 Å². The molecule has 0 aliphatic carbocycles. The van der Waals surface area contributed by atoms with Crippen LogP contribution in [0.15, 0.2) is 66.1 Å². The Labute approximate surface area is 142 Å². The first-order valence-electron chi connectivity index (χ1n) is 7.97. The van der Waals surface area contributed by atoms with Crippen LogP contribution in [-0.4, -0.2) is 19.7 Å². The van der Waals surface area contributed by atoms with Crippen molar-refractivity contribution in [3.63, 3.8) is 0 Å². The number of carbonyl (C=O) groups is 1. The molecule has 0 fully saturated rings. The Kier molecular flexibility index (Phi) is 6.43. The highest BCUT2D eigenvalue weighted by Crippen LogP contribution is 2.31. The Morgan fingerprint density at radius 2 is 1.62 bits per heavy atom. The number of benzene rings is 2. The molecule has 4 nitrogen and oxygen atoms in total. The van der Waals surface area contributed by atoms with Crippen molar-refractivity contribution in [3.05, 3.63) is 66.1 Å². The maximum atomic E-state index is 12.2. The van der Waals surface area contributed by atoms with Crippen LogP contribution in [0.3, 0.4) is 0 Å². The van der Waals surface area contributed by atoms with Gasteiger partial charge in [-0.1, -0.05) is 55.5 Å². The summed E-state index contributed by atoms with van der Waals surface area (Å²) in [6, 6.07) is 17.4. The molecule has 2 rings (SSSR count). The molecule has 0 unspecified atom stereocenters. The lowest BCUT2D eigenvalue weighted by molar-refractivity contribution is -0.139. The van der Waals surface area contributed by atoms with Crippen LogP contribution in [-0.2, 0) is 14.3 Å². The van der Waals surface area contributed by atoms with Crippen LogP contribution in [0.2, 0.25) is 0 Å². The smallest absolute Gasteiger partial charge is 0.377 e. The Morgan fingerprint density at radius 1 is 0.958 bits per heavy atom. The number of hydrogen-bond donors (Lipinski definition) is 0. The van der Waals surface area contributed by atoms with E-state index in [1.165, 1.54) is 7.11 Å². The van der Waals surface area contributed by atoms with Gasteiger partial charge >= 0.3 is 5.97 Å². The van der Waals surface area contributed by atoms with Crippen LogP contribution in [0.5, 0.6) is 5.75 Å². The molecule has 0 radical (unpaired) electrons. The minimum absolute atomic E-state index is 0.0882. The third-order valence-electron chi connectivity index (χ3n) is 3.45. The van der Waals surface area contributed by atoms with Crippen LogP contribution in [0.25, 0.3) is 11.1 Å². The van der Waals surface area contributed by atoms with Crippen molar-refractivity contribution < 1.29 is 19.0 Å². The van der Waals surface area contributed by atoms with Crippen LogP contribution in [0, 0.1) is 0 Å². The molecule has 4 heteroatoms. The van der Waals surface area contributed by atoms with E-state index in [2.05, 4.69) is 0 Å². The van der Waals surface area contributed by atoms with Crippen molar-refractivity contribution in [1.29, 1.82) is 0 Å².